The van der Waals surface area contributed by atoms with E-state index in [2.05, 4.69) is 5.32 Å². The molecule has 0 radical (unpaired) electrons. The Labute approximate surface area is 187 Å². The number of benzene rings is 2. The first kappa shape index (κ1) is 20.4. The monoisotopic (exact) mass is 455 g/mol. The molecule has 6 nitrogen and oxygen atoms in total. The fraction of sp³-hybridized carbons (Fsp3) is 0.375. The number of para-hydroxylation sites is 1. The summed E-state index contributed by atoms with van der Waals surface area (Å²) in [5.41, 5.74) is -0.833. The number of nitrogens with zero attached hydrogens (tertiary/aromatic N) is 2. The van der Waals surface area contributed by atoms with Crippen LogP contribution in [0.1, 0.15) is 29.5 Å². The van der Waals surface area contributed by atoms with Gasteiger partial charge in [-0.25, -0.2) is 4.90 Å². The van der Waals surface area contributed by atoms with Gasteiger partial charge in [-0.05, 0) is 44.5 Å². The van der Waals surface area contributed by atoms with Crippen LogP contribution < -0.4 is 10.2 Å². The Balaban J connectivity index is 1.56. The minimum atomic E-state index is -4.74. The first-order chi connectivity index (χ1) is 15.7. The third-order valence-electron chi connectivity index (χ3n) is 7.60. The summed E-state index contributed by atoms with van der Waals surface area (Å²) < 4.78 is 41.2. The number of amides is 3. The number of imide groups is 1. The van der Waals surface area contributed by atoms with E-state index in [9.17, 15) is 27.6 Å². The molecule has 3 amide bonds. The molecule has 33 heavy (non-hydrogen) atoms. The molecular weight excluding hydrogens is 435 g/mol. The fourth-order valence-corrected chi connectivity index (χ4v) is 6.46. The van der Waals surface area contributed by atoms with E-state index >= 15 is 0 Å². The zero-order valence-electron chi connectivity index (χ0n) is 17.6. The maximum absolute atomic E-state index is 13.8. The van der Waals surface area contributed by atoms with Gasteiger partial charge in [-0.1, -0.05) is 29.8 Å². The van der Waals surface area contributed by atoms with E-state index in [4.69, 9.17) is 0 Å². The highest BCUT2D eigenvalue weighted by Gasteiger charge is 2.74. The quantitative estimate of drug-likeness (QED) is 0.669. The van der Waals surface area contributed by atoms with Crippen LogP contribution >= 0.6 is 0 Å². The number of anilines is 2. The van der Waals surface area contributed by atoms with Crippen LogP contribution in [0.3, 0.4) is 0 Å². The second kappa shape index (κ2) is 6.44. The van der Waals surface area contributed by atoms with Gasteiger partial charge in [0.1, 0.15) is 5.54 Å². The van der Waals surface area contributed by atoms with Gasteiger partial charge >= 0.3 is 6.18 Å². The van der Waals surface area contributed by atoms with Crippen LogP contribution in [0, 0.1) is 18.8 Å². The van der Waals surface area contributed by atoms with Crippen LogP contribution in [-0.4, -0.2) is 35.2 Å². The highest BCUT2D eigenvalue weighted by atomic mass is 19.4. The topological polar surface area (TPSA) is 69.7 Å². The molecule has 9 heteroatoms. The SMILES string of the molecule is Cc1ccc2c(c1)[C@]1(C(=O)N2)[C@@H]2C(=O)N(c3ccccc3C(F)(F)F)C(=O)[C@@H]2[C@H]2CCCN21. The molecule has 1 N–H and O–H groups in total. The third kappa shape index (κ3) is 2.40. The highest BCUT2D eigenvalue weighted by Crippen LogP contribution is 2.61. The van der Waals surface area contributed by atoms with Crippen molar-refractivity contribution < 1.29 is 27.6 Å². The van der Waals surface area contributed by atoms with E-state index in [1.165, 1.54) is 12.1 Å². The molecule has 2 aromatic carbocycles. The van der Waals surface area contributed by atoms with Crippen LogP contribution in [0.2, 0.25) is 0 Å². The lowest BCUT2D eigenvalue weighted by Gasteiger charge is -2.37. The van der Waals surface area contributed by atoms with Crippen LogP contribution in [0.15, 0.2) is 42.5 Å². The minimum Gasteiger partial charge on any atom is -0.324 e. The maximum atomic E-state index is 13.8. The van der Waals surface area contributed by atoms with Crippen molar-refractivity contribution in [2.45, 2.75) is 37.5 Å². The predicted molar refractivity (Wildman–Crippen MR) is 112 cm³/mol. The molecule has 170 valence electrons. The zero-order valence-corrected chi connectivity index (χ0v) is 17.6. The average molecular weight is 455 g/mol. The summed E-state index contributed by atoms with van der Waals surface area (Å²) in [5.74, 6) is -3.77. The number of nitrogens with one attached hydrogen (secondary N) is 1. The van der Waals surface area contributed by atoms with E-state index in [1.807, 2.05) is 24.0 Å². The molecule has 1 spiro atoms. The van der Waals surface area contributed by atoms with Gasteiger partial charge in [-0.2, -0.15) is 13.2 Å². The summed E-state index contributed by atoms with van der Waals surface area (Å²) in [4.78, 5) is 43.7. The summed E-state index contributed by atoms with van der Waals surface area (Å²) >= 11 is 0. The molecular formula is C24H20F3N3O3. The van der Waals surface area contributed by atoms with Gasteiger partial charge in [-0.3, -0.25) is 19.3 Å². The van der Waals surface area contributed by atoms with Crippen LogP contribution in [0.4, 0.5) is 24.5 Å². The number of alkyl halides is 3. The summed E-state index contributed by atoms with van der Waals surface area (Å²) in [6.07, 6.45) is -3.39. The molecule has 4 aliphatic heterocycles. The maximum Gasteiger partial charge on any atom is 0.418 e. The summed E-state index contributed by atoms with van der Waals surface area (Å²) in [6, 6.07) is 9.68. The molecule has 0 aliphatic carbocycles. The number of hydrogen-bond donors (Lipinski definition) is 1. The summed E-state index contributed by atoms with van der Waals surface area (Å²) in [5, 5.41) is 2.87. The van der Waals surface area contributed by atoms with Gasteiger partial charge < -0.3 is 5.32 Å². The fourth-order valence-electron chi connectivity index (χ4n) is 6.46. The smallest absolute Gasteiger partial charge is 0.324 e. The summed E-state index contributed by atoms with van der Waals surface area (Å²) in [7, 11) is 0. The Kier molecular flexibility index (Phi) is 3.98. The van der Waals surface area contributed by atoms with Gasteiger partial charge in [0.2, 0.25) is 17.7 Å². The lowest BCUT2D eigenvalue weighted by atomic mass is 9.75. The van der Waals surface area contributed by atoms with E-state index < -0.39 is 52.5 Å². The van der Waals surface area contributed by atoms with E-state index in [1.54, 1.807) is 6.07 Å². The molecule has 6 rings (SSSR count). The first-order valence-corrected chi connectivity index (χ1v) is 10.9. The van der Waals surface area contributed by atoms with Crippen LogP contribution in [-0.2, 0) is 26.1 Å². The van der Waals surface area contributed by atoms with E-state index in [0.29, 0.717) is 29.1 Å². The number of hydrogen-bond acceptors (Lipinski definition) is 4. The number of halogens is 3. The van der Waals surface area contributed by atoms with Crippen molar-refractivity contribution in [2.24, 2.45) is 11.8 Å². The third-order valence-corrected chi connectivity index (χ3v) is 7.60. The molecule has 4 aliphatic rings. The number of fused-ring (bicyclic) bond motifs is 7. The highest BCUT2D eigenvalue weighted by molar-refractivity contribution is 6.26. The van der Waals surface area contributed by atoms with E-state index in [0.717, 1.165) is 24.1 Å². The average Bonchev–Trinajstić information content (AvgIpc) is 3.46. The number of carbonyl (C=O) groups is 3. The van der Waals surface area contributed by atoms with Crippen molar-refractivity contribution in [1.29, 1.82) is 0 Å². The van der Waals surface area contributed by atoms with Gasteiger partial charge in [0.25, 0.3) is 0 Å². The molecule has 4 atom stereocenters. The molecule has 0 aromatic heterocycles. The number of aryl methyl sites for hydroxylation is 1. The lowest BCUT2D eigenvalue weighted by Crippen LogP contribution is -2.54. The van der Waals surface area contributed by atoms with Gasteiger partial charge in [0, 0.05) is 17.3 Å². The molecule has 4 heterocycles. The molecule has 0 bridgehead atoms. The van der Waals surface area contributed by atoms with Gasteiger partial charge in [0.15, 0.2) is 0 Å². The standard InChI is InChI=1S/C24H20F3N3O3/c1-12-8-9-15-14(11-12)23(22(33)28-15)19-18(17-7-4-10-29(17)23)20(31)30(21(19)32)16-6-3-2-5-13(16)24(25,26)27/h2-3,5-6,8-9,11,17-19H,4,7,10H2,1H3,(H,28,33)/t17-,18-,19+,23-/m1/s1. The number of carbonyl (C=O) groups excluding carboxylic acids is 3. The summed E-state index contributed by atoms with van der Waals surface area (Å²) in [6.45, 7) is 2.41. The molecule has 2 aromatic rings. The van der Waals surface area contributed by atoms with Gasteiger partial charge in [0.05, 0.1) is 23.1 Å². The van der Waals surface area contributed by atoms with Crippen molar-refractivity contribution in [3.63, 3.8) is 0 Å². The lowest BCUT2D eigenvalue weighted by molar-refractivity contribution is -0.138. The predicted octanol–water partition coefficient (Wildman–Crippen LogP) is 3.45. The number of rotatable bonds is 1. The molecule has 3 saturated heterocycles. The molecule has 0 saturated carbocycles. The Morgan fingerprint density at radius 2 is 1.82 bits per heavy atom. The normalized spacial score (nSPS) is 30.7. The van der Waals surface area contributed by atoms with Crippen molar-refractivity contribution in [3.8, 4) is 0 Å². The minimum absolute atomic E-state index is 0.383. The largest absolute Gasteiger partial charge is 0.418 e. The first-order valence-electron chi connectivity index (χ1n) is 10.9. The van der Waals surface area contributed by atoms with E-state index in [-0.39, 0.29) is 6.04 Å². The van der Waals surface area contributed by atoms with Crippen LogP contribution in [0.5, 0.6) is 0 Å². The van der Waals surface area contributed by atoms with Crippen LogP contribution in [0.25, 0.3) is 0 Å². The Morgan fingerprint density at radius 1 is 1.06 bits per heavy atom. The molecule has 3 fully saturated rings. The van der Waals surface area contributed by atoms with Gasteiger partial charge in [-0.15, -0.1) is 0 Å². The Morgan fingerprint density at radius 3 is 2.58 bits per heavy atom. The Bertz CT molecular complexity index is 1240. The second-order valence-electron chi connectivity index (χ2n) is 9.20. The zero-order chi connectivity index (χ0) is 23.3. The Hall–Kier alpha value is -3.20. The van der Waals surface area contributed by atoms with Crippen molar-refractivity contribution in [2.75, 3.05) is 16.8 Å². The van der Waals surface area contributed by atoms with Crippen molar-refractivity contribution in [3.05, 3.63) is 59.2 Å². The molecule has 0 unspecified atom stereocenters. The van der Waals surface area contributed by atoms with Crippen molar-refractivity contribution in [1.82, 2.24) is 4.90 Å². The second-order valence-corrected chi connectivity index (χ2v) is 9.20. The van der Waals surface area contributed by atoms with Crippen molar-refractivity contribution >= 4 is 29.1 Å².